The summed E-state index contributed by atoms with van der Waals surface area (Å²) in [5, 5.41) is 4.21. The van der Waals surface area contributed by atoms with Crippen LogP contribution in [-0.4, -0.2) is 17.4 Å². The molecule has 2 aliphatic rings. The molecule has 2 aromatic rings. The molecule has 1 aromatic heterocycles. The maximum atomic E-state index is 12.2. The normalized spacial score (nSPS) is 24.2. The molecule has 1 N–H and O–H groups in total. The van der Waals surface area contributed by atoms with Gasteiger partial charge >= 0.3 is 0 Å². The Morgan fingerprint density at radius 2 is 2.23 bits per heavy atom. The lowest BCUT2D eigenvalue weighted by molar-refractivity contribution is -0.130. The number of hydrogen-bond donors (Lipinski definition) is 1. The number of rotatable bonds is 2. The van der Waals surface area contributed by atoms with Crippen LogP contribution in [-0.2, 0) is 4.79 Å². The Bertz CT molecular complexity index is 699. The standard InChI is InChI=1S/C17H17ClN2O2/c18-11-5-6-13-12(9-11)15(20-7-1-4-17(20)21)10-14(19-13)16-3-2-8-22-16/h2-3,5-6,8-9,14-15,19H,1,4,7,10H2. The number of nitrogens with one attached hydrogen (secondary N) is 1. The van der Waals surface area contributed by atoms with E-state index in [0.29, 0.717) is 11.4 Å². The van der Waals surface area contributed by atoms with Gasteiger partial charge in [0.15, 0.2) is 0 Å². The second-order valence-corrected chi connectivity index (χ2v) is 6.32. The quantitative estimate of drug-likeness (QED) is 0.905. The Balaban J connectivity index is 1.75. The minimum absolute atomic E-state index is 0.0556. The van der Waals surface area contributed by atoms with Gasteiger partial charge in [0.25, 0.3) is 0 Å². The van der Waals surface area contributed by atoms with Crippen molar-refractivity contribution in [1.29, 1.82) is 0 Å². The summed E-state index contributed by atoms with van der Waals surface area (Å²) >= 11 is 6.17. The summed E-state index contributed by atoms with van der Waals surface area (Å²) in [5.74, 6) is 1.13. The highest BCUT2D eigenvalue weighted by Gasteiger charge is 2.36. The number of nitrogens with zero attached hydrogens (tertiary/aromatic N) is 1. The highest BCUT2D eigenvalue weighted by molar-refractivity contribution is 6.30. The average molecular weight is 317 g/mol. The highest BCUT2D eigenvalue weighted by Crippen LogP contribution is 2.44. The van der Waals surface area contributed by atoms with Crippen molar-refractivity contribution in [2.24, 2.45) is 0 Å². The first kappa shape index (κ1) is 13.7. The van der Waals surface area contributed by atoms with Crippen LogP contribution in [0.15, 0.2) is 41.0 Å². The maximum Gasteiger partial charge on any atom is 0.223 e. The van der Waals surface area contributed by atoms with E-state index in [4.69, 9.17) is 16.0 Å². The number of benzene rings is 1. The van der Waals surface area contributed by atoms with Gasteiger partial charge in [-0.1, -0.05) is 11.6 Å². The zero-order valence-electron chi connectivity index (χ0n) is 12.1. The number of carbonyl (C=O) groups is 1. The zero-order chi connectivity index (χ0) is 15.1. The van der Waals surface area contributed by atoms with Crippen molar-refractivity contribution >= 4 is 23.2 Å². The molecule has 0 saturated carbocycles. The van der Waals surface area contributed by atoms with E-state index in [0.717, 1.165) is 36.4 Å². The van der Waals surface area contributed by atoms with Crippen LogP contribution in [0.2, 0.25) is 5.02 Å². The van der Waals surface area contributed by atoms with E-state index in [1.54, 1.807) is 6.26 Å². The van der Waals surface area contributed by atoms with Crippen molar-refractivity contribution in [3.63, 3.8) is 0 Å². The monoisotopic (exact) mass is 316 g/mol. The number of carbonyl (C=O) groups excluding carboxylic acids is 1. The number of hydrogen-bond acceptors (Lipinski definition) is 3. The van der Waals surface area contributed by atoms with Gasteiger partial charge in [-0.3, -0.25) is 4.79 Å². The van der Waals surface area contributed by atoms with Gasteiger partial charge in [0.2, 0.25) is 5.91 Å². The number of furan rings is 1. The first-order chi connectivity index (χ1) is 10.7. The number of amides is 1. The molecule has 5 heteroatoms. The van der Waals surface area contributed by atoms with Gasteiger partial charge in [-0.2, -0.15) is 0 Å². The third-order valence-electron chi connectivity index (χ3n) is 4.53. The van der Waals surface area contributed by atoms with Crippen LogP contribution in [0.3, 0.4) is 0 Å². The second-order valence-electron chi connectivity index (χ2n) is 5.89. The molecule has 4 nitrogen and oxygen atoms in total. The van der Waals surface area contributed by atoms with Gasteiger partial charge in [0.05, 0.1) is 18.3 Å². The maximum absolute atomic E-state index is 12.2. The molecule has 0 aliphatic carbocycles. The lowest BCUT2D eigenvalue weighted by Crippen LogP contribution is -2.35. The number of anilines is 1. The SMILES string of the molecule is O=C1CCCN1C1CC(c2ccco2)Nc2ccc(Cl)cc21. The second kappa shape index (κ2) is 5.36. The zero-order valence-corrected chi connectivity index (χ0v) is 12.8. The van der Waals surface area contributed by atoms with E-state index in [1.807, 2.05) is 35.2 Å². The molecule has 0 bridgehead atoms. The molecule has 1 fully saturated rings. The summed E-state index contributed by atoms with van der Waals surface area (Å²) < 4.78 is 5.56. The van der Waals surface area contributed by atoms with Gasteiger partial charge < -0.3 is 14.6 Å². The number of likely N-dealkylation sites (tertiary alicyclic amines) is 1. The molecular formula is C17H17ClN2O2. The summed E-state index contributed by atoms with van der Waals surface area (Å²) in [6, 6.07) is 9.83. The lowest BCUT2D eigenvalue weighted by Gasteiger charge is -2.37. The number of halogens is 1. The summed E-state index contributed by atoms with van der Waals surface area (Å²) in [4.78, 5) is 14.2. The Morgan fingerprint density at radius 1 is 1.32 bits per heavy atom. The molecule has 2 aliphatic heterocycles. The summed E-state index contributed by atoms with van der Waals surface area (Å²) in [5.41, 5.74) is 2.13. The van der Waals surface area contributed by atoms with E-state index >= 15 is 0 Å². The van der Waals surface area contributed by atoms with Gasteiger partial charge in [0, 0.05) is 23.7 Å². The van der Waals surface area contributed by atoms with Crippen LogP contribution in [0.1, 0.15) is 42.7 Å². The van der Waals surface area contributed by atoms with Crippen LogP contribution >= 0.6 is 11.6 Å². The Labute approximate surface area is 134 Å². The fourth-order valence-electron chi connectivity index (χ4n) is 3.51. The molecule has 1 amide bonds. The topological polar surface area (TPSA) is 45.5 Å². The fourth-order valence-corrected chi connectivity index (χ4v) is 3.69. The minimum atomic E-state index is 0.0556. The van der Waals surface area contributed by atoms with Crippen molar-refractivity contribution in [3.8, 4) is 0 Å². The predicted octanol–water partition coefficient (Wildman–Crippen LogP) is 4.15. The van der Waals surface area contributed by atoms with Crippen LogP contribution < -0.4 is 5.32 Å². The Morgan fingerprint density at radius 3 is 2.95 bits per heavy atom. The van der Waals surface area contributed by atoms with Crippen molar-refractivity contribution in [2.45, 2.75) is 31.3 Å². The molecule has 0 spiro atoms. The molecule has 3 heterocycles. The molecule has 1 saturated heterocycles. The molecule has 4 rings (SSSR count). The largest absolute Gasteiger partial charge is 0.467 e. The molecule has 2 atom stereocenters. The molecule has 0 radical (unpaired) electrons. The van der Waals surface area contributed by atoms with Crippen LogP contribution in [0.4, 0.5) is 5.69 Å². The predicted molar refractivity (Wildman–Crippen MR) is 84.8 cm³/mol. The van der Waals surface area contributed by atoms with E-state index in [2.05, 4.69) is 5.32 Å². The van der Waals surface area contributed by atoms with Crippen LogP contribution in [0, 0.1) is 0 Å². The van der Waals surface area contributed by atoms with Crippen molar-refractivity contribution < 1.29 is 9.21 Å². The summed E-state index contributed by atoms with van der Waals surface area (Å²) in [6.45, 7) is 0.820. The van der Waals surface area contributed by atoms with Crippen LogP contribution in [0.25, 0.3) is 0 Å². The minimum Gasteiger partial charge on any atom is -0.467 e. The summed E-state index contributed by atoms with van der Waals surface area (Å²) in [7, 11) is 0. The van der Waals surface area contributed by atoms with E-state index in [9.17, 15) is 4.79 Å². The van der Waals surface area contributed by atoms with Crippen LogP contribution in [0.5, 0.6) is 0 Å². The van der Waals surface area contributed by atoms with Crippen molar-refractivity contribution in [1.82, 2.24) is 4.90 Å². The van der Waals surface area contributed by atoms with Crippen molar-refractivity contribution in [3.05, 3.63) is 52.9 Å². The summed E-state index contributed by atoms with van der Waals surface area (Å²) in [6.07, 6.45) is 4.06. The van der Waals surface area contributed by atoms with E-state index in [1.165, 1.54) is 0 Å². The Hall–Kier alpha value is -1.94. The third kappa shape index (κ3) is 2.28. The molecule has 1 aromatic carbocycles. The van der Waals surface area contributed by atoms with Gasteiger partial charge in [-0.25, -0.2) is 0 Å². The van der Waals surface area contributed by atoms with Crippen molar-refractivity contribution in [2.75, 3.05) is 11.9 Å². The smallest absolute Gasteiger partial charge is 0.223 e. The molecular weight excluding hydrogens is 300 g/mol. The van der Waals surface area contributed by atoms with E-state index in [-0.39, 0.29) is 18.0 Å². The molecule has 114 valence electrons. The van der Waals surface area contributed by atoms with Gasteiger partial charge in [0.1, 0.15) is 5.76 Å². The first-order valence-corrected chi connectivity index (χ1v) is 7.99. The molecule has 22 heavy (non-hydrogen) atoms. The van der Waals surface area contributed by atoms with E-state index < -0.39 is 0 Å². The van der Waals surface area contributed by atoms with Gasteiger partial charge in [-0.05, 0) is 48.7 Å². The van der Waals surface area contributed by atoms with Gasteiger partial charge in [-0.15, -0.1) is 0 Å². The lowest BCUT2D eigenvalue weighted by atomic mass is 9.90. The molecule has 2 unspecified atom stereocenters. The Kier molecular flexibility index (Phi) is 3.34. The number of fused-ring (bicyclic) bond motifs is 1. The average Bonchev–Trinajstić information content (AvgIpc) is 3.18. The third-order valence-corrected chi connectivity index (χ3v) is 4.77. The first-order valence-electron chi connectivity index (χ1n) is 7.61. The fraction of sp³-hybridized carbons (Fsp3) is 0.353. The highest BCUT2D eigenvalue weighted by atomic mass is 35.5.